The highest BCUT2D eigenvalue weighted by molar-refractivity contribution is 7.18. The summed E-state index contributed by atoms with van der Waals surface area (Å²) < 4.78 is 5.21. The number of carbonyl (C=O) groups is 2. The van der Waals surface area contributed by atoms with Crippen molar-refractivity contribution < 1.29 is 14.3 Å². The molecule has 2 aromatic rings. The van der Waals surface area contributed by atoms with Crippen LogP contribution in [0.1, 0.15) is 36.1 Å². The standard InChI is InChI=1S/C19H24N4O3S/c1-11-12(2)27-18-16(11)17(20-10-21-18)23-7-5-13(6-8-23)19(25)26-9-15(24)22-14-3-4-14/h10,13-14H,3-9H2,1-2H3,(H,22,24). The van der Waals surface area contributed by atoms with Crippen molar-refractivity contribution in [2.45, 2.75) is 45.6 Å². The van der Waals surface area contributed by atoms with E-state index < -0.39 is 0 Å². The van der Waals surface area contributed by atoms with Gasteiger partial charge in [-0.05, 0) is 45.1 Å². The molecule has 0 radical (unpaired) electrons. The van der Waals surface area contributed by atoms with E-state index in [1.807, 2.05) is 0 Å². The highest BCUT2D eigenvalue weighted by Crippen LogP contribution is 2.35. The van der Waals surface area contributed by atoms with Gasteiger partial charge in [0.1, 0.15) is 17.0 Å². The molecule has 8 heteroatoms. The number of hydrogen-bond acceptors (Lipinski definition) is 7. The van der Waals surface area contributed by atoms with Gasteiger partial charge in [0.05, 0.1) is 11.3 Å². The molecule has 0 spiro atoms. The van der Waals surface area contributed by atoms with Crippen molar-refractivity contribution in [1.29, 1.82) is 0 Å². The minimum atomic E-state index is -0.268. The van der Waals surface area contributed by atoms with Gasteiger partial charge in [0, 0.05) is 24.0 Å². The van der Waals surface area contributed by atoms with Gasteiger partial charge < -0.3 is 15.0 Å². The molecule has 3 heterocycles. The van der Waals surface area contributed by atoms with Crippen LogP contribution in [0.3, 0.4) is 0 Å². The zero-order chi connectivity index (χ0) is 19.0. The number of nitrogens with zero attached hydrogens (tertiary/aromatic N) is 3. The molecule has 0 atom stereocenters. The van der Waals surface area contributed by atoms with E-state index in [1.165, 1.54) is 10.4 Å². The highest BCUT2D eigenvalue weighted by atomic mass is 32.1. The van der Waals surface area contributed by atoms with Crippen molar-refractivity contribution >= 4 is 39.2 Å². The summed E-state index contributed by atoms with van der Waals surface area (Å²) in [5.41, 5.74) is 1.23. The predicted octanol–water partition coefficient (Wildman–Crippen LogP) is 2.35. The number of nitrogens with one attached hydrogen (secondary N) is 1. The van der Waals surface area contributed by atoms with Crippen LogP contribution in [-0.4, -0.2) is 47.6 Å². The van der Waals surface area contributed by atoms with Crippen LogP contribution in [0, 0.1) is 19.8 Å². The number of carbonyl (C=O) groups excluding carboxylic acids is 2. The molecule has 2 aromatic heterocycles. The Labute approximate surface area is 162 Å². The van der Waals surface area contributed by atoms with E-state index in [4.69, 9.17) is 4.74 Å². The molecular formula is C19H24N4O3S. The summed E-state index contributed by atoms with van der Waals surface area (Å²) >= 11 is 1.69. The zero-order valence-electron chi connectivity index (χ0n) is 15.7. The first-order valence-electron chi connectivity index (χ1n) is 9.44. The summed E-state index contributed by atoms with van der Waals surface area (Å²) in [4.78, 5) is 37.4. The summed E-state index contributed by atoms with van der Waals surface area (Å²) in [6, 6.07) is 0.285. The maximum atomic E-state index is 12.3. The maximum absolute atomic E-state index is 12.3. The first-order chi connectivity index (χ1) is 13.0. The van der Waals surface area contributed by atoms with Crippen molar-refractivity contribution in [2.75, 3.05) is 24.6 Å². The third-order valence-electron chi connectivity index (χ3n) is 5.36. The number of aryl methyl sites for hydroxylation is 2. The Morgan fingerprint density at radius 1 is 1.22 bits per heavy atom. The maximum Gasteiger partial charge on any atom is 0.309 e. The Bertz CT molecular complexity index is 869. The molecular weight excluding hydrogens is 364 g/mol. The molecule has 0 aromatic carbocycles. The second-order valence-electron chi connectivity index (χ2n) is 7.37. The Hall–Kier alpha value is -2.22. The van der Waals surface area contributed by atoms with E-state index in [0.29, 0.717) is 12.8 Å². The topological polar surface area (TPSA) is 84.4 Å². The lowest BCUT2D eigenvalue weighted by Gasteiger charge is -2.32. The second kappa shape index (κ2) is 7.42. The van der Waals surface area contributed by atoms with Crippen molar-refractivity contribution in [1.82, 2.24) is 15.3 Å². The normalized spacial score (nSPS) is 17.9. The summed E-state index contributed by atoms with van der Waals surface area (Å²) in [7, 11) is 0. The predicted molar refractivity (Wildman–Crippen MR) is 104 cm³/mol. The molecule has 27 heavy (non-hydrogen) atoms. The number of esters is 1. The smallest absolute Gasteiger partial charge is 0.309 e. The first kappa shape index (κ1) is 18.2. The molecule has 4 rings (SSSR count). The van der Waals surface area contributed by atoms with Crippen LogP contribution in [0.25, 0.3) is 10.2 Å². The molecule has 2 fully saturated rings. The van der Waals surface area contributed by atoms with E-state index in [1.54, 1.807) is 17.7 Å². The lowest BCUT2D eigenvalue weighted by atomic mass is 9.97. The third kappa shape index (κ3) is 3.90. The lowest BCUT2D eigenvalue weighted by molar-refractivity contribution is -0.153. The average Bonchev–Trinajstić information content (AvgIpc) is 3.44. The summed E-state index contributed by atoms with van der Waals surface area (Å²) in [5, 5.41) is 3.95. The van der Waals surface area contributed by atoms with Crippen LogP contribution < -0.4 is 10.2 Å². The highest BCUT2D eigenvalue weighted by Gasteiger charge is 2.29. The number of hydrogen-bond donors (Lipinski definition) is 1. The van der Waals surface area contributed by atoms with Crippen LogP contribution >= 0.6 is 11.3 Å². The third-order valence-corrected chi connectivity index (χ3v) is 6.48. The van der Waals surface area contributed by atoms with E-state index in [9.17, 15) is 9.59 Å². The van der Waals surface area contributed by atoms with E-state index in [2.05, 4.69) is 34.0 Å². The van der Waals surface area contributed by atoms with Crippen molar-refractivity contribution in [2.24, 2.45) is 5.92 Å². The number of ether oxygens (including phenoxy) is 1. The van der Waals surface area contributed by atoms with Crippen molar-refractivity contribution in [3.63, 3.8) is 0 Å². The molecule has 1 amide bonds. The van der Waals surface area contributed by atoms with E-state index >= 15 is 0 Å². The van der Waals surface area contributed by atoms with Gasteiger partial charge in [-0.3, -0.25) is 9.59 Å². The van der Waals surface area contributed by atoms with Gasteiger partial charge in [0.25, 0.3) is 5.91 Å². The fraction of sp³-hybridized carbons (Fsp3) is 0.579. The van der Waals surface area contributed by atoms with Crippen LogP contribution in [-0.2, 0) is 14.3 Å². The average molecular weight is 388 g/mol. The number of aromatic nitrogens is 2. The summed E-state index contributed by atoms with van der Waals surface area (Å²) in [6.07, 6.45) is 5.08. The Kier molecular flexibility index (Phi) is 4.99. The number of fused-ring (bicyclic) bond motifs is 1. The molecule has 7 nitrogen and oxygen atoms in total. The Balaban J connectivity index is 1.35. The van der Waals surface area contributed by atoms with Crippen LogP contribution in [0.5, 0.6) is 0 Å². The zero-order valence-corrected chi connectivity index (χ0v) is 16.5. The Morgan fingerprint density at radius 2 is 1.96 bits per heavy atom. The van der Waals surface area contributed by atoms with E-state index in [0.717, 1.165) is 42.0 Å². The molecule has 2 aliphatic rings. The number of amides is 1. The molecule has 1 saturated heterocycles. The number of thiophene rings is 1. The fourth-order valence-corrected chi connectivity index (χ4v) is 4.47. The van der Waals surface area contributed by atoms with Crippen LogP contribution in [0.2, 0.25) is 0 Å². The Morgan fingerprint density at radius 3 is 2.67 bits per heavy atom. The van der Waals surface area contributed by atoms with Gasteiger partial charge in [-0.15, -0.1) is 11.3 Å². The fourth-order valence-electron chi connectivity index (χ4n) is 3.48. The molecule has 1 saturated carbocycles. The number of piperidine rings is 1. The monoisotopic (exact) mass is 388 g/mol. The molecule has 1 aliphatic carbocycles. The largest absolute Gasteiger partial charge is 0.455 e. The minimum absolute atomic E-state index is 0.155. The van der Waals surface area contributed by atoms with Gasteiger partial charge in [0.2, 0.25) is 0 Å². The van der Waals surface area contributed by atoms with Crippen LogP contribution in [0.4, 0.5) is 5.82 Å². The van der Waals surface area contributed by atoms with Gasteiger partial charge in [-0.1, -0.05) is 0 Å². The van der Waals surface area contributed by atoms with Gasteiger partial charge in [-0.2, -0.15) is 0 Å². The van der Waals surface area contributed by atoms with Gasteiger partial charge in [-0.25, -0.2) is 9.97 Å². The second-order valence-corrected chi connectivity index (χ2v) is 8.57. The minimum Gasteiger partial charge on any atom is -0.455 e. The first-order valence-corrected chi connectivity index (χ1v) is 10.3. The number of rotatable bonds is 5. The molecule has 144 valence electrons. The van der Waals surface area contributed by atoms with Gasteiger partial charge >= 0.3 is 5.97 Å². The van der Waals surface area contributed by atoms with E-state index in [-0.39, 0.29) is 30.4 Å². The van der Waals surface area contributed by atoms with Crippen LogP contribution in [0.15, 0.2) is 6.33 Å². The van der Waals surface area contributed by atoms with Crippen molar-refractivity contribution in [3.8, 4) is 0 Å². The summed E-state index contributed by atoms with van der Waals surface area (Å²) in [5.74, 6) is 0.334. The number of anilines is 1. The molecule has 1 aliphatic heterocycles. The lowest BCUT2D eigenvalue weighted by Crippen LogP contribution is -2.38. The van der Waals surface area contributed by atoms with Gasteiger partial charge in [0.15, 0.2) is 6.61 Å². The molecule has 1 N–H and O–H groups in total. The summed E-state index contributed by atoms with van der Waals surface area (Å²) in [6.45, 7) is 5.53. The van der Waals surface area contributed by atoms with Crippen molar-refractivity contribution in [3.05, 3.63) is 16.8 Å². The molecule has 0 bridgehead atoms. The SMILES string of the molecule is Cc1sc2ncnc(N3CCC(C(=O)OCC(=O)NC4CC4)CC3)c2c1C. The molecule has 0 unspecified atom stereocenters. The quantitative estimate of drug-likeness (QED) is 0.792.